The van der Waals surface area contributed by atoms with E-state index in [4.69, 9.17) is 4.74 Å². The Morgan fingerprint density at radius 1 is 1.04 bits per heavy atom. The van der Waals surface area contributed by atoms with Gasteiger partial charge >= 0.3 is 5.97 Å². The second-order valence-electron chi connectivity index (χ2n) is 7.39. The summed E-state index contributed by atoms with van der Waals surface area (Å²) < 4.78 is 5.78. The SMILES string of the molecule is CC(=O)O[C@H]1c2cc(C)ccc2N[C@H](c2ccc(C)cc2)C1(C)C. The minimum absolute atomic E-state index is 0.0673. The zero-order chi connectivity index (χ0) is 17.5. The Kier molecular flexibility index (Phi) is 4.12. The van der Waals surface area contributed by atoms with Gasteiger partial charge in [-0.2, -0.15) is 0 Å². The van der Waals surface area contributed by atoms with E-state index < -0.39 is 0 Å². The van der Waals surface area contributed by atoms with E-state index in [1.807, 2.05) is 0 Å². The molecule has 0 saturated heterocycles. The van der Waals surface area contributed by atoms with Crippen LogP contribution in [0, 0.1) is 19.3 Å². The molecule has 0 unspecified atom stereocenters. The van der Waals surface area contributed by atoms with Crippen molar-refractivity contribution in [3.8, 4) is 0 Å². The van der Waals surface area contributed by atoms with Crippen molar-refractivity contribution in [2.24, 2.45) is 5.41 Å². The number of anilines is 1. The molecule has 126 valence electrons. The summed E-state index contributed by atoms with van der Waals surface area (Å²) >= 11 is 0. The van der Waals surface area contributed by atoms with Gasteiger partial charge < -0.3 is 10.1 Å². The van der Waals surface area contributed by atoms with Gasteiger partial charge in [0.2, 0.25) is 0 Å². The van der Waals surface area contributed by atoms with Gasteiger partial charge in [0.25, 0.3) is 0 Å². The van der Waals surface area contributed by atoms with E-state index >= 15 is 0 Å². The normalized spacial score (nSPS) is 21.5. The molecule has 2 aromatic rings. The zero-order valence-corrected chi connectivity index (χ0v) is 15.0. The predicted octanol–water partition coefficient (Wildman–Crippen LogP) is 5.10. The molecule has 0 amide bonds. The van der Waals surface area contributed by atoms with Gasteiger partial charge in [0.05, 0.1) is 6.04 Å². The smallest absolute Gasteiger partial charge is 0.303 e. The molecule has 0 bridgehead atoms. The van der Waals surface area contributed by atoms with Crippen LogP contribution in [-0.4, -0.2) is 5.97 Å². The van der Waals surface area contributed by atoms with Gasteiger partial charge in [-0.25, -0.2) is 0 Å². The van der Waals surface area contributed by atoms with Crippen molar-refractivity contribution >= 4 is 11.7 Å². The molecule has 0 radical (unpaired) electrons. The molecular weight excluding hydrogens is 298 g/mol. The average Bonchev–Trinajstić information content (AvgIpc) is 2.51. The maximum atomic E-state index is 11.7. The number of fused-ring (bicyclic) bond motifs is 1. The van der Waals surface area contributed by atoms with Crippen LogP contribution < -0.4 is 5.32 Å². The summed E-state index contributed by atoms with van der Waals surface area (Å²) in [5.41, 5.74) is 5.42. The van der Waals surface area contributed by atoms with Crippen LogP contribution in [0.3, 0.4) is 0 Å². The lowest BCUT2D eigenvalue weighted by molar-refractivity contribution is -0.154. The molecule has 1 aliphatic rings. The minimum Gasteiger partial charge on any atom is -0.457 e. The summed E-state index contributed by atoms with van der Waals surface area (Å²) in [6.45, 7) is 9.94. The molecule has 2 atom stereocenters. The molecule has 0 aromatic heterocycles. The summed E-state index contributed by atoms with van der Waals surface area (Å²) in [6.07, 6.45) is -0.280. The summed E-state index contributed by atoms with van der Waals surface area (Å²) in [5, 5.41) is 3.66. The Bertz CT molecular complexity index is 762. The monoisotopic (exact) mass is 323 g/mol. The summed E-state index contributed by atoms with van der Waals surface area (Å²) in [4.78, 5) is 11.7. The van der Waals surface area contributed by atoms with Crippen LogP contribution >= 0.6 is 0 Å². The van der Waals surface area contributed by atoms with E-state index in [1.165, 1.54) is 18.1 Å². The van der Waals surface area contributed by atoms with Gasteiger partial charge in [0, 0.05) is 23.6 Å². The highest BCUT2D eigenvalue weighted by Gasteiger charge is 2.45. The van der Waals surface area contributed by atoms with Gasteiger partial charge in [0.15, 0.2) is 0 Å². The Hall–Kier alpha value is -2.29. The predicted molar refractivity (Wildman–Crippen MR) is 97.0 cm³/mol. The van der Waals surface area contributed by atoms with Crippen LogP contribution in [-0.2, 0) is 9.53 Å². The lowest BCUT2D eigenvalue weighted by Crippen LogP contribution is -2.40. The molecule has 2 aromatic carbocycles. The quantitative estimate of drug-likeness (QED) is 0.781. The first kappa shape index (κ1) is 16.6. The fourth-order valence-electron chi connectivity index (χ4n) is 3.58. The third-order valence-electron chi connectivity index (χ3n) is 4.90. The van der Waals surface area contributed by atoms with Crippen molar-refractivity contribution in [1.29, 1.82) is 0 Å². The van der Waals surface area contributed by atoms with Gasteiger partial charge in [0.1, 0.15) is 6.10 Å². The first-order chi connectivity index (χ1) is 11.3. The van der Waals surface area contributed by atoms with Gasteiger partial charge in [-0.05, 0) is 25.5 Å². The highest BCUT2D eigenvalue weighted by atomic mass is 16.5. The highest BCUT2D eigenvalue weighted by Crippen LogP contribution is 2.53. The Balaban J connectivity index is 2.11. The lowest BCUT2D eigenvalue weighted by Gasteiger charge is -2.46. The van der Waals surface area contributed by atoms with E-state index in [-0.39, 0.29) is 23.5 Å². The van der Waals surface area contributed by atoms with Crippen LogP contribution in [0.4, 0.5) is 5.69 Å². The topological polar surface area (TPSA) is 38.3 Å². The summed E-state index contributed by atoms with van der Waals surface area (Å²) in [7, 11) is 0. The Morgan fingerprint density at radius 3 is 2.29 bits per heavy atom. The third kappa shape index (κ3) is 2.91. The second kappa shape index (κ2) is 5.97. The third-order valence-corrected chi connectivity index (χ3v) is 4.90. The molecule has 0 fully saturated rings. The fraction of sp³-hybridized carbons (Fsp3) is 0.381. The number of aryl methyl sites for hydroxylation is 2. The van der Waals surface area contributed by atoms with Crippen molar-refractivity contribution in [1.82, 2.24) is 0 Å². The molecular formula is C21H25NO2. The van der Waals surface area contributed by atoms with E-state index in [2.05, 4.69) is 75.5 Å². The van der Waals surface area contributed by atoms with Crippen molar-refractivity contribution in [3.63, 3.8) is 0 Å². The Morgan fingerprint density at radius 2 is 1.67 bits per heavy atom. The van der Waals surface area contributed by atoms with Crippen molar-refractivity contribution in [2.45, 2.75) is 46.8 Å². The van der Waals surface area contributed by atoms with Crippen molar-refractivity contribution in [3.05, 3.63) is 64.7 Å². The first-order valence-electron chi connectivity index (χ1n) is 8.40. The van der Waals surface area contributed by atoms with Crippen LogP contribution in [0.5, 0.6) is 0 Å². The molecule has 0 aliphatic carbocycles. The number of benzene rings is 2. The zero-order valence-electron chi connectivity index (χ0n) is 15.0. The van der Waals surface area contributed by atoms with Crippen LogP contribution in [0.25, 0.3) is 0 Å². The molecule has 24 heavy (non-hydrogen) atoms. The van der Waals surface area contributed by atoms with E-state index in [0.29, 0.717) is 0 Å². The maximum absolute atomic E-state index is 11.7. The number of nitrogens with one attached hydrogen (secondary N) is 1. The van der Waals surface area contributed by atoms with Crippen LogP contribution in [0.1, 0.15) is 55.2 Å². The maximum Gasteiger partial charge on any atom is 0.303 e. The lowest BCUT2D eigenvalue weighted by atomic mass is 9.70. The minimum atomic E-state index is -0.280. The molecule has 0 saturated carbocycles. The molecule has 3 heteroatoms. The molecule has 1 N–H and O–H groups in total. The van der Waals surface area contributed by atoms with E-state index in [9.17, 15) is 4.79 Å². The largest absolute Gasteiger partial charge is 0.457 e. The number of hydrogen-bond donors (Lipinski definition) is 1. The molecule has 3 rings (SSSR count). The first-order valence-corrected chi connectivity index (χ1v) is 8.40. The number of carbonyl (C=O) groups excluding carboxylic acids is 1. The summed E-state index contributed by atoms with van der Waals surface area (Å²) in [6, 6.07) is 14.9. The van der Waals surface area contributed by atoms with Crippen molar-refractivity contribution in [2.75, 3.05) is 5.32 Å². The number of carbonyl (C=O) groups is 1. The van der Waals surface area contributed by atoms with Crippen LogP contribution in [0.15, 0.2) is 42.5 Å². The van der Waals surface area contributed by atoms with E-state index in [0.717, 1.165) is 16.8 Å². The molecule has 1 aliphatic heterocycles. The Labute approximate surface area is 144 Å². The standard InChI is InChI=1S/C21H25NO2/c1-13-6-9-16(10-7-13)19-21(4,5)20(24-15(3)23)17-12-14(2)8-11-18(17)22-19/h6-12,19-20,22H,1-5H3/t19-,20+/m1/s1. The number of rotatable bonds is 2. The summed E-state index contributed by atoms with van der Waals surface area (Å²) in [5.74, 6) is -0.245. The fourth-order valence-corrected chi connectivity index (χ4v) is 3.58. The van der Waals surface area contributed by atoms with Crippen molar-refractivity contribution < 1.29 is 9.53 Å². The number of hydrogen-bond acceptors (Lipinski definition) is 3. The van der Waals surface area contributed by atoms with Gasteiger partial charge in [-0.15, -0.1) is 0 Å². The van der Waals surface area contributed by atoms with Crippen LogP contribution in [0.2, 0.25) is 0 Å². The molecule has 3 nitrogen and oxygen atoms in total. The second-order valence-corrected chi connectivity index (χ2v) is 7.39. The number of ether oxygens (including phenoxy) is 1. The van der Waals surface area contributed by atoms with Gasteiger partial charge in [-0.3, -0.25) is 4.79 Å². The molecule has 0 spiro atoms. The number of esters is 1. The highest BCUT2D eigenvalue weighted by molar-refractivity contribution is 5.68. The van der Waals surface area contributed by atoms with Gasteiger partial charge in [-0.1, -0.05) is 61.4 Å². The molecule has 1 heterocycles. The average molecular weight is 323 g/mol. The van der Waals surface area contributed by atoms with E-state index in [1.54, 1.807) is 0 Å².